The zero-order valence-corrected chi connectivity index (χ0v) is 13.0. The minimum atomic E-state index is -2.89. The van der Waals surface area contributed by atoms with Gasteiger partial charge in [0.2, 0.25) is 0 Å². The molecule has 0 bridgehead atoms. The Morgan fingerprint density at radius 3 is 2.47 bits per heavy atom. The second-order valence-electron chi connectivity index (χ2n) is 5.13. The Balaban J connectivity index is 4.20. The van der Waals surface area contributed by atoms with Gasteiger partial charge in [-0.25, -0.2) is 8.42 Å². The molecule has 0 aromatic rings. The highest BCUT2D eigenvalue weighted by Gasteiger charge is 2.11. The molecular formula is C12H27N3O3S. The fourth-order valence-corrected chi connectivity index (χ4v) is 2.64. The van der Waals surface area contributed by atoms with Crippen molar-refractivity contribution in [2.75, 3.05) is 31.1 Å². The van der Waals surface area contributed by atoms with E-state index in [1.807, 2.05) is 0 Å². The largest absolute Gasteiger partial charge is 0.409 e. The van der Waals surface area contributed by atoms with Crippen molar-refractivity contribution in [1.29, 1.82) is 0 Å². The molecule has 0 aromatic carbocycles. The molecule has 0 saturated heterocycles. The number of amidine groups is 1. The average molecular weight is 293 g/mol. The van der Waals surface area contributed by atoms with Gasteiger partial charge in [0.1, 0.15) is 15.7 Å². The second-order valence-corrected chi connectivity index (χ2v) is 7.60. The summed E-state index contributed by atoms with van der Waals surface area (Å²) in [4.78, 5) is 2.16. The van der Waals surface area contributed by atoms with E-state index >= 15 is 0 Å². The predicted molar refractivity (Wildman–Crippen MR) is 78.2 cm³/mol. The van der Waals surface area contributed by atoms with Crippen molar-refractivity contribution >= 4 is 15.7 Å². The molecule has 0 aromatic heterocycles. The molecule has 19 heavy (non-hydrogen) atoms. The van der Waals surface area contributed by atoms with E-state index in [4.69, 9.17) is 10.9 Å². The number of nitrogens with two attached hydrogens (primary N) is 1. The molecule has 0 spiro atoms. The van der Waals surface area contributed by atoms with Gasteiger partial charge in [0.15, 0.2) is 0 Å². The third kappa shape index (κ3) is 9.72. The first kappa shape index (κ1) is 18.2. The van der Waals surface area contributed by atoms with E-state index in [0.717, 1.165) is 13.1 Å². The van der Waals surface area contributed by atoms with Gasteiger partial charge in [0.05, 0.1) is 5.75 Å². The van der Waals surface area contributed by atoms with E-state index in [9.17, 15) is 8.42 Å². The lowest BCUT2D eigenvalue weighted by atomic mass is 10.2. The van der Waals surface area contributed by atoms with Gasteiger partial charge in [0.25, 0.3) is 0 Å². The highest BCUT2D eigenvalue weighted by molar-refractivity contribution is 7.91. The third-order valence-corrected chi connectivity index (χ3v) is 4.60. The molecule has 114 valence electrons. The summed E-state index contributed by atoms with van der Waals surface area (Å²) in [5.41, 5.74) is 5.45. The van der Waals surface area contributed by atoms with Crippen LogP contribution >= 0.6 is 0 Å². The van der Waals surface area contributed by atoms with Gasteiger partial charge >= 0.3 is 0 Å². The van der Waals surface area contributed by atoms with Gasteiger partial charge in [-0.15, -0.1) is 0 Å². The fourth-order valence-electron chi connectivity index (χ4n) is 1.79. The SMILES string of the molecule is CCS(=O)(=O)CCCN(CCC(N)=NO)CC(C)C. The molecule has 0 amide bonds. The lowest BCUT2D eigenvalue weighted by Crippen LogP contribution is -2.33. The average Bonchev–Trinajstić information content (AvgIpc) is 2.34. The van der Waals surface area contributed by atoms with Gasteiger partial charge in [-0.1, -0.05) is 25.9 Å². The number of rotatable bonds is 10. The number of hydrogen-bond donors (Lipinski definition) is 2. The minimum absolute atomic E-state index is 0.196. The molecular weight excluding hydrogens is 266 g/mol. The maximum Gasteiger partial charge on any atom is 0.150 e. The molecule has 0 atom stereocenters. The molecule has 0 aliphatic carbocycles. The zero-order valence-electron chi connectivity index (χ0n) is 12.2. The van der Waals surface area contributed by atoms with Crippen molar-refractivity contribution in [1.82, 2.24) is 4.90 Å². The molecule has 0 fully saturated rings. The lowest BCUT2D eigenvalue weighted by Gasteiger charge is -2.23. The summed E-state index contributed by atoms with van der Waals surface area (Å²) in [5.74, 6) is 1.12. The van der Waals surface area contributed by atoms with Crippen molar-refractivity contribution in [3.63, 3.8) is 0 Å². The fraction of sp³-hybridized carbons (Fsp3) is 0.917. The Kier molecular flexibility index (Phi) is 8.75. The van der Waals surface area contributed by atoms with Crippen molar-refractivity contribution in [3.8, 4) is 0 Å². The number of nitrogens with zero attached hydrogens (tertiary/aromatic N) is 2. The highest BCUT2D eigenvalue weighted by atomic mass is 32.2. The standard InChI is InChI=1S/C12H27N3O3S/c1-4-19(17,18)9-5-7-15(10-11(2)3)8-6-12(13)14-16/h11,16H,4-10H2,1-3H3,(H2,13,14). The summed E-state index contributed by atoms with van der Waals surface area (Å²) >= 11 is 0. The van der Waals surface area contributed by atoms with Crippen LogP contribution in [-0.2, 0) is 9.84 Å². The van der Waals surface area contributed by atoms with Gasteiger partial charge < -0.3 is 15.8 Å². The maximum atomic E-state index is 11.4. The topological polar surface area (TPSA) is 96.0 Å². The van der Waals surface area contributed by atoms with Gasteiger partial charge in [-0.05, 0) is 18.9 Å². The molecule has 6 nitrogen and oxygen atoms in total. The van der Waals surface area contributed by atoms with E-state index in [2.05, 4.69) is 23.9 Å². The Morgan fingerprint density at radius 2 is 2.00 bits per heavy atom. The Hall–Kier alpha value is -0.820. The van der Waals surface area contributed by atoms with Gasteiger partial charge in [-0.2, -0.15) is 0 Å². The Labute approximate surface area is 116 Å². The second kappa shape index (κ2) is 9.14. The first-order valence-electron chi connectivity index (χ1n) is 6.70. The molecule has 0 heterocycles. The zero-order chi connectivity index (χ0) is 14.9. The van der Waals surface area contributed by atoms with Gasteiger partial charge in [-0.3, -0.25) is 0 Å². The molecule has 0 rings (SSSR count). The van der Waals surface area contributed by atoms with Crippen LogP contribution in [0.1, 0.15) is 33.6 Å². The van der Waals surface area contributed by atoms with Crippen molar-refractivity contribution < 1.29 is 13.6 Å². The van der Waals surface area contributed by atoms with Crippen molar-refractivity contribution in [3.05, 3.63) is 0 Å². The summed E-state index contributed by atoms with van der Waals surface area (Å²) in [6.45, 7) is 8.17. The first-order chi connectivity index (χ1) is 8.80. The molecule has 0 aliphatic heterocycles. The smallest absolute Gasteiger partial charge is 0.150 e. The van der Waals surface area contributed by atoms with Crippen LogP contribution in [0, 0.1) is 5.92 Å². The van der Waals surface area contributed by atoms with Crippen LogP contribution in [0.25, 0.3) is 0 Å². The van der Waals surface area contributed by atoms with Gasteiger partial charge in [0, 0.05) is 25.3 Å². The number of hydrogen-bond acceptors (Lipinski definition) is 5. The van der Waals surface area contributed by atoms with E-state index in [-0.39, 0.29) is 17.3 Å². The molecule has 0 unspecified atom stereocenters. The van der Waals surface area contributed by atoms with Crippen molar-refractivity contribution in [2.45, 2.75) is 33.6 Å². The van der Waals surface area contributed by atoms with E-state index < -0.39 is 9.84 Å². The van der Waals surface area contributed by atoms with Crippen molar-refractivity contribution in [2.24, 2.45) is 16.8 Å². The molecule has 0 aliphatic rings. The molecule has 0 radical (unpaired) electrons. The van der Waals surface area contributed by atoms with Crippen LogP contribution in [0.4, 0.5) is 0 Å². The quantitative estimate of drug-likeness (QED) is 0.270. The van der Waals surface area contributed by atoms with Crippen LogP contribution in [0.15, 0.2) is 5.16 Å². The monoisotopic (exact) mass is 293 g/mol. The molecule has 3 N–H and O–H groups in total. The van der Waals surface area contributed by atoms with E-state index in [1.54, 1.807) is 6.92 Å². The van der Waals surface area contributed by atoms with Crippen LogP contribution in [0.3, 0.4) is 0 Å². The summed E-state index contributed by atoms with van der Waals surface area (Å²) in [5, 5.41) is 11.5. The van der Waals surface area contributed by atoms with Crippen LogP contribution in [0.2, 0.25) is 0 Å². The van der Waals surface area contributed by atoms with Crippen LogP contribution in [-0.4, -0.2) is 55.5 Å². The van der Waals surface area contributed by atoms with E-state index in [1.165, 1.54) is 0 Å². The predicted octanol–water partition coefficient (Wildman–Crippen LogP) is 0.906. The van der Waals surface area contributed by atoms with Crippen LogP contribution < -0.4 is 5.73 Å². The summed E-state index contributed by atoms with van der Waals surface area (Å²) in [6, 6.07) is 0. The summed E-state index contributed by atoms with van der Waals surface area (Å²) < 4.78 is 22.8. The molecule has 0 saturated carbocycles. The van der Waals surface area contributed by atoms with Crippen LogP contribution in [0.5, 0.6) is 0 Å². The summed E-state index contributed by atoms with van der Waals surface area (Å²) in [7, 11) is -2.89. The lowest BCUT2D eigenvalue weighted by molar-refractivity contribution is 0.249. The normalized spacial score (nSPS) is 13.4. The van der Waals surface area contributed by atoms with E-state index in [0.29, 0.717) is 25.3 Å². The Bertz CT molecular complexity index is 366. The highest BCUT2D eigenvalue weighted by Crippen LogP contribution is 2.03. The Morgan fingerprint density at radius 1 is 1.37 bits per heavy atom. The summed E-state index contributed by atoms with van der Waals surface area (Å²) in [6.07, 6.45) is 1.11. The maximum absolute atomic E-state index is 11.4. The number of oxime groups is 1. The minimum Gasteiger partial charge on any atom is -0.409 e. The third-order valence-electron chi connectivity index (χ3n) is 2.81. The number of sulfone groups is 1. The first-order valence-corrected chi connectivity index (χ1v) is 8.52. The molecule has 7 heteroatoms.